The SMILES string of the molecule is Cn1cnc(S(=O)(=O)N2CC[C@H](Cc3ccccc3)[C@H](O)C2)c1. The summed E-state index contributed by atoms with van der Waals surface area (Å²) < 4.78 is 28.0. The number of sulfonamides is 1. The van der Waals surface area contributed by atoms with Crippen LogP contribution < -0.4 is 0 Å². The lowest BCUT2D eigenvalue weighted by molar-refractivity contribution is 0.0519. The van der Waals surface area contributed by atoms with E-state index in [1.165, 1.54) is 16.8 Å². The van der Waals surface area contributed by atoms with E-state index in [1.807, 2.05) is 30.3 Å². The van der Waals surface area contributed by atoms with Crippen LogP contribution in [-0.4, -0.2) is 46.6 Å². The Morgan fingerprint density at radius 3 is 2.65 bits per heavy atom. The Kier molecular flexibility index (Phi) is 4.52. The first kappa shape index (κ1) is 16.2. The van der Waals surface area contributed by atoms with Crippen LogP contribution in [0, 0.1) is 5.92 Å². The lowest BCUT2D eigenvalue weighted by Crippen LogP contribution is -2.47. The van der Waals surface area contributed by atoms with Crippen LogP contribution in [0.2, 0.25) is 0 Å². The summed E-state index contributed by atoms with van der Waals surface area (Å²) in [6.07, 6.45) is 3.69. The smallest absolute Gasteiger partial charge is 0.262 e. The van der Waals surface area contributed by atoms with Gasteiger partial charge in [-0.3, -0.25) is 0 Å². The van der Waals surface area contributed by atoms with Gasteiger partial charge in [0.2, 0.25) is 0 Å². The highest BCUT2D eigenvalue weighted by atomic mass is 32.2. The van der Waals surface area contributed by atoms with Crippen molar-refractivity contribution in [3.8, 4) is 0 Å². The van der Waals surface area contributed by atoms with Crippen LogP contribution in [0.1, 0.15) is 12.0 Å². The van der Waals surface area contributed by atoms with Gasteiger partial charge in [-0.1, -0.05) is 30.3 Å². The number of β-amino-alcohol motifs (C(OH)–C–C–N with tert-alkyl or cyclic N) is 1. The molecule has 0 aliphatic carbocycles. The van der Waals surface area contributed by atoms with E-state index in [4.69, 9.17) is 0 Å². The third kappa shape index (κ3) is 3.46. The quantitative estimate of drug-likeness (QED) is 0.906. The molecule has 1 fully saturated rings. The number of nitrogens with zero attached hydrogens (tertiary/aromatic N) is 3. The molecule has 0 saturated carbocycles. The van der Waals surface area contributed by atoms with Crippen molar-refractivity contribution in [2.45, 2.75) is 24.0 Å². The maximum absolute atomic E-state index is 12.6. The highest BCUT2D eigenvalue weighted by molar-refractivity contribution is 7.89. The van der Waals surface area contributed by atoms with E-state index in [0.717, 1.165) is 12.0 Å². The average Bonchev–Trinajstić information content (AvgIpc) is 2.97. The summed E-state index contributed by atoms with van der Waals surface area (Å²) in [5.74, 6) is 0.0765. The molecule has 0 radical (unpaired) electrons. The predicted octanol–water partition coefficient (Wildman–Crippen LogP) is 1.03. The monoisotopic (exact) mass is 335 g/mol. The number of piperidine rings is 1. The maximum Gasteiger partial charge on any atom is 0.262 e. The van der Waals surface area contributed by atoms with Crippen LogP contribution in [-0.2, 0) is 23.5 Å². The lowest BCUT2D eigenvalue weighted by Gasteiger charge is -2.34. The van der Waals surface area contributed by atoms with E-state index in [1.54, 1.807) is 11.6 Å². The minimum Gasteiger partial charge on any atom is -0.391 e. The highest BCUT2D eigenvalue weighted by Gasteiger charge is 2.35. The van der Waals surface area contributed by atoms with Crippen LogP contribution in [0.4, 0.5) is 0 Å². The van der Waals surface area contributed by atoms with Crippen molar-refractivity contribution in [2.75, 3.05) is 13.1 Å². The molecule has 0 spiro atoms. The van der Waals surface area contributed by atoms with Gasteiger partial charge >= 0.3 is 0 Å². The Labute approximate surface area is 136 Å². The van der Waals surface area contributed by atoms with Gasteiger partial charge in [0, 0.05) is 26.3 Å². The molecule has 1 aliphatic heterocycles. The molecule has 0 unspecified atom stereocenters. The number of aryl methyl sites for hydroxylation is 1. The first-order valence-corrected chi connectivity index (χ1v) is 9.11. The van der Waals surface area contributed by atoms with E-state index in [0.29, 0.717) is 13.0 Å². The standard InChI is InChI=1S/C16H21N3O3S/c1-18-11-16(17-12-18)23(21,22)19-8-7-14(15(20)10-19)9-13-5-3-2-4-6-13/h2-6,11-12,14-15,20H,7-10H2,1H3/t14-,15-/m1/s1. The van der Waals surface area contributed by atoms with Gasteiger partial charge in [0.05, 0.1) is 12.4 Å². The second-order valence-corrected chi connectivity index (χ2v) is 7.93. The summed E-state index contributed by atoms with van der Waals surface area (Å²) in [4.78, 5) is 3.93. The van der Waals surface area contributed by atoms with E-state index in [2.05, 4.69) is 4.98 Å². The van der Waals surface area contributed by atoms with Crippen LogP contribution in [0.5, 0.6) is 0 Å². The summed E-state index contributed by atoms with van der Waals surface area (Å²) in [6, 6.07) is 9.97. The lowest BCUT2D eigenvalue weighted by atomic mass is 9.89. The molecule has 124 valence electrons. The molecule has 2 aromatic rings. The third-order valence-corrected chi connectivity index (χ3v) is 6.06. The molecule has 2 atom stereocenters. The second-order valence-electron chi connectivity index (χ2n) is 6.05. The summed E-state index contributed by atoms with van der Waals surface area (Å²) >= 11 is 0. The number of aromatic nitrogens is 2. The molecule has 3 rings (SSSR count). The van der Waals surface area contributed by atoms with E-state index in [-0.39, 0.29) is 17.5 Å². The fraction of sp³-hybridized carbons (Fsp3) is 0.438. The number of aliphatic hydroxyl groups excluding tert-OH is 1. The number of imidazole rings is 1. The topological polar surface area (TPSA) is 75.4 Å². The Hall–Kier alpha value is -1.70. The molecule has 23 heavy (non-hydrogen) atoms. The Balaban J connectivity index is 1.69. The van der Waals surface area contributed by atoms with E-state index in [9.17, 15) is 13.5 Å². The summed E-state index contributed by atoms with van der Waals surface area (Å²) in [5.41, 5.74) is 1.16. The number of aliphatic hydroxyl groups is 1. The zero-order chi connectivity index (χ0) is 16.4. The first-order chi connectivity index (χ1) is 11.0. The van der Waals surface area contributed by atoms with Crippen molar-refractivity contribution < 1.29 is 13.5 Å². The Morgan fingerprint density at radius 1 is 1.30 bits per heavy atom. The van der Waals surface area contributed by atoms with E-state index >= 15 is 0 Å². The van der Waals surface area contributed by atoms with Gasteiger partial charge in [0.25, 0.3) is 10.0 Å². The average molecular weight is 335 g/mol. The Bertz CT molecular complexity index is 758. The van der Waals surface area contributed by atoms with Crippen molar-refractivity contribution in [3.05, 3.63) is 48.4 Å². The maximum atomic E-state index is 12.6. The highest BCUT2D eigenvalue weighted by Crippen LogP contribution is 2.26. The molecule has 7 heteroatoms. The number of benzene rings is 1. The number of hydrogen-bond acceptors (Lipinski definition) is 4. The van der Waals surface area contributed by atoms with E-state index < -0.39 is 16.1 Å². The molecular formula is C16H21N3O3S. The van der Waals surface area contributed by atoms with Gasteiger partial charge in [-0.2, -0.15) is 4.31 Å². The summed E-state index contributed by atoms with van der Waals surface area (Å²) in [5, 5.41) is 10.4. The molecule has 1 N–H and O–H groups in total. The molecule has 0 bridgehead atoms. The Morgan fingerprint density at radius 2 is 2.04 bits per heavy atom. The summed E-state index contributed by atoms with van der Waals surface area (Å²) in [6.45, 7) is 0.532. The van der Waals surface area contributed by atoms with Crippen molar-refractivity contribution in [1.82, 2.24) is 13.9 Å². The van der Waals surface area contributed by atoms with Crippen LogP contribution in [0.3, 0.4) is 0 Å². The minimum absolute atomic E-state index is 0.0358. The number of hydrogen-bond donors (Lipinski definition) is 1. The van der Waals surface area contributed by atoms with Gasteiger partial charge in [0.1, 0.15) is 0 Å². The van der Waals surface area contributed by atoms with Crippen LogP contribution >= 0.6 is 0 Å². The minimum atomic E-state index is -3.63. The van der Waals surface area contributed by atoms with Crippen molar-refractivity contribution in [3.63, 3.8) is 0 Å². The van der Waals surface area contributed by atoms with Crippen LogP contribution in [0.25, 0.3) is 0 Å². The molecule has 0 amide bonds. The van der Waals surface area contributed by atoms with Gasteiger partial charge in [-0.05, 0) is 24.3 Å². The van der Waals surface area contributed by atoms with Gasteiger partial charge in [-0.25, -0.2) is 13.4 Å². The molecule has 1 aromatic carbocycles. The summed E-state index contributed by atoms with van der Waals surface area (Å²) in [7, 11) is -1.90. The zero-order valence-electron chi connectivity index (χ0n) is 13.0. The first-order valence-electron chi connectivity index (χ1n) is 7.67. The molecule has 1 aliphatic rings. The van der Waals surface area contributed by atoms with Gasteiger partial charge in [-0.15, -0.1) is 0 Å². The van der Waals surface area contributed by atoms with Crippen molar-refractivity contribution in [1.29, 1.82) is 0 Å². The fourth-order valence-electron chi connectivity index (χ4n) is 2.98. The van der Waals surface area contributed by atoms with Crippen molar-refractivity contribution in [2.24, 2.45) is 13.0 Å². The van der Waals surface area contributed by atoms with Crippen molar-refractivity contribution >= 4 is 10.0 Å². The van der Waals surface area contributed by atoms with Gasteiger partial charge < -0.3 is 9.67 Å². The molecular weight excluding hydrogens is 314 g/mol. The third-order valence-electron chi connectivity index (χ3n) is 4.31. The fourth-order valence-corrected chi connectivity index (χ4v) is 4.42. The van der Waals surface area contributed by atoms with Crippen LogP contribution in [0.15, 0.2) is 47.9 Å². The largest absolute Gasteiger partial charge is 0.391 e. The normalized spacial score (nSPS) is 23.0. The number of rotatable bonds is 4. The second kappa shape index (κ2) is 6.43. The van der Waals surface area contributed by atoms with Gasteiger partial charge in [0.15, 0.2) is 5.03 Å². The molecule has 1 aromatic heterocycles. The molecule has 2 heterocycles. The molecule has 6 nitrogen and oxygen atoms in total. The molecule has 1 saturated heterocycles. The predicted molar refractivity (Wildman–Crippen MR) is 86.2 cm³/mol. The zero-order valence-corrected chi connectivity index (χ0v) is 13.9.